The predicted octanol–water partition coefficient (Wildman–Crippen LogP) is 2.54. The van der Waals surface area contributed by atoms with Crippen molar-refractivity contribution >= 4 is 16.1 Å². The number of hydrogen-bond donors (Lipinski definition) is 2. The predicted molar refractivity (Wildman–Crippen MR) is 93.8 cm³/mol. The molecule has 7 heteroatoms. The maximum Gasteiger partial charge on any atom is 0.330 e. The number of urea groups is 1. The molecule has 4 aliphatic carbocycles. The Morgan fingerprint density at radius 3 is 2.00 bits per heavy atom. The molecule has 0 heterocycles. The fourth-order valence-electron chi connectivity index (χ4n) is 5.60. The standard InChI is InChI=1S/C18H25N3O3S/c1-12-2-4-16(5-3-12)25(23,24)20-21(17(19)22)18-9-13-6-14(10-18)8-15(7-13)11-18/h2-5,13-15,20H,6-11H2,1H3,(H2,19,22). The third-order valence-corrected chi connectivity index (χ3v) is 7.56. The van der Waals surface area contributed by atoms with Crippen LogP contribution in [0.25, 0.3) is 0 Å². The van der Waals surface area contributed by atoms with E-state index in [1.54, 1.807) is 24.3 Å². The molecular weight excluding hydrogens is 338 g/mol. The molecule has 1 aromatic rings. The lowest BCUT2D eigenvalue weighted by atomic mass is 9.53. The summed E-state index contributed by atoms with van der Waals surface area (Å²) in [7, 11) is -3.84. The Hall–Kier alpha value is -1.60. The maximum absolute atomic E-state index is 12.8. The van der Waals surface area contributed by atoms with Crippen LogP contribution in [0.15, 0.2) is 29.2 Å². The molecule has 4 saturated carbocycles. The molecular formula is C18H25N3O3S. The summed E-state index contributed by atoms with van der Waals surface area (Å²) in [6.45, 7) is 1.90. The molecule has 0 atom stereocenters. The normalized spacial score (nSPS) is 33.4. The topological polar surface area (TPSA) is 92.5 Å². The van der Waals surface area contributed by atoms with E-state index in [0.717, 1.165) is 24.8 Å². The van der Waals surface area contributed by atoms with E-state index in [-0.39, 0.29) is 4.90 Å². The van der Waals surface area contributed by atoms with Crippen LogP contribution in [0.5, 0.6) is 0 Å². The zero-order valence-electron chi connectivity index (χ0n) is 14.4. The quantitative estimate of drug-likeness (QED) is 0.805. The number of carbonyl (C=O) groups is 1. The molecule has 3 N–H and O–H groups in total. The first-order chi connectivity index (χ1) is 11.8. The number of hydrazine groups is 1. The van der Waals surface area contributed by atoms with Gasteiger partial charge in [-0.05, 0) is 75.3 Å². The zero-order chi connectivity index (χ0) is 17.8. The molecule has 0 aliphatic heterocycles. The molecule has 4 fully saturated rings. The van der Waals surface area contributed by atoms with Crippen LogP contribution >= 0.6 is 0 Å². The van der Waals surface area contributed by atoms with Gasteiger partial charge in [0, 0.05) is 0 Å². The monoisotopic (exact) mass is 363 g/mol. The van der Waals surface area contributed by atoms with Gasteiger partial charge in [-0.3, -0.25) is 0 Å². The second kappa shape index (κ2) is 5.71. The van der Waals surface area contributed by atoms with E-state index >= 15 is 0 Å². The van der Waals surface area contributed by atoms with Crippen molar-refractivity contribution in [2.75, 3.05) is 0 Å². The molecule has 1 aromatic carbocycles. The van der Waals surface area contributed by atoms with Gasteiger partial charge < -0.3 is 5.73 Å². The second-order valence-corrected chi connectivity index (χ2v) is 9.88. The fourth-order valence-corrected chi connectivity index (χ4v) is 6.73. The van der Waals surface area contributed by atoms with Gasteiger partial charge in [-0.2, -0.15) is 0 Å². The number of rotatable bonds is 4. The van der Waals surface area contributed by atoms with Crippen molar-refractivity contribution in [3.05, 3.63) is 29.8 Å². The van der Waals surface area contributed by atoms with E-state index in [2.05, 4.69) is 4.83 Å². The lowest BCUT2D eigenvalue weighted by Crippen LogP contribution is -2.67. The Labute approximate surface area is 148 Å². The van der Waals surface area contributed by atoms with E-state index in [4.69, 9.17) is 5.73 Å². The minimum atomic E-state index is -3.84. The molecule has 4 aliphatic rings. The first-order valence-electron chi connectivity index (χ1n) is 8.96. The first-order valence-corrected chi connectivity index (χ1v) is 10.4. The molecule has 6 nitrogen and oxygen atoms in total. The SMILES string of the molecule is Cc1ccc(S(=O)(=O)NN(C(N)=O)C23CC4CC(CC(C4)C2)C3)cc1. The number of nitrogens with zero attached hydrogens (tertiary/aromatic N) is 1. The number of primary amides is 1. The minimum Gasteiger partial charge on any atom is -0.350 e. The van der Waals surface area contributed by atoms with Crippen LogP contribution < -0.4 is 10.6 Å². The summed E-state index contributed by atoms with van der Waals surface area (Å²) >= 11 is 0. The molecule has 2 amide bonds. The van der Waals surface area contributed by atoms with Gasteiger partial charge in [-0.1, -0.05) is 17.7 Å². The highest BCUT2D eigenvalue weighted by atomic mass is 32.2. The highest BCUT2D eigenvalue weighted by Crippen LogP contribution is 2.57. The van der Waals surface area contributed by atoms with Gasteiger partial charge in [0.25, 0.3) is 10.0 Å². The highest BCUT2D eigenvalue weighted by Gasteiger charge is 2.55. The molecule has 5 rings (SSSR count). The molecule has 4 bridgehead atoms. The Morgan fingerprint density at radius 2 is 1.56 bits per heavy atom. The van der Waals surface area contributed by atoms with E-state index in [0.29, 0.717) is 17.8 Å². The number of carbonyl (C=O) groups excluding carboxylic acids is 1. The Morgan fingerprint density at radius 1 is 1.08 bits per heavy atom. The Bertz CT molecular complexity index is 753. The summed E-state index contributed by atoms with van der Waals surface area (Å²) in [6, 6.07) is 5.88. The van der Waals surface area contributed by atoms with E-state index < -0.39 is 21.6 Å². The first kappa shape index (κ1) is 16.8. The molecule has 0 spiro atoms. The number of benzene rings is 1. The lowest BCUT2D eigenvalue weighted by molar-refractivity contribution is -0.0767. The van der Waals surface area contributed by atoms with Gasteiger partial charge in [0.2, 0.25) is 0 Å². The summed E-state index contributed by atoms with van der Waals surface area (Å²) in [5.41, 5.74) is 6.15. The molecule has 136 valence electrons. The van der Waals surface area contributed by atoms with Gasteiger partial charge in [0.15, 0.2) is 0 Å². The molecule has 0 aromatic heterocycles. The number of sulfonamides is 1. The average molecular weight is 363 g/mol. The largest absolute Gasteiger partial charge is 0.350 e. The van der Waals surface area contributed by atoms with Crippen LogP contribution in [-0.4, -0.2) is 25.0 Å². The third kappa shape index (κ3) is 2.93. The van der Waals surface area contributed by atoms with Crippen LogP contribution in [-0.2, 0) is 10.0 Å². The van der Waals surface area contributed by atoms with E-state index in [9.17, 15) is 13.2 Å². The summed E-state index contributed by atoms with van der Waals surface area (Å²) in [5, 5.41) is 1.24. The van der Waals surface area contributed by atoms with Crippen molar-refractivity contribution in [3.8, 4) is 0 Å². The number of aryl methyl sites for hydroxylation is 1. The summed E-state index contributed by atoms with van der Waals surface area (Å²) in [6.07, 6.45) is 6.15. The van der Waals surface area contributed by atoms with Gasteiger partial charge in [-0.15, -0.1) is 4.83 Å². The van der Waals surface area contributed by atoms with Crippen molar-refractivity contribution < 1.29 is 13.2 Å². The molecule has 25 heavy (non-hydrogen) atoms. The summed E-state index contributed by atoms with van der Waals surface area (Å²) in [5.74, 6) is 1.74. The zero-order valence-corrected chi connectivity index (χ0v) is 15.3. The van der Waals surface area contributed by atoms with Gasteiger partial charge in [0.1, 0.15) is 0 Å². The van der Waals surface area contributed by atoms with Gasteiger partial charge in [0.05, 0.1) is 10.4 Å². The van der Waals surface area contributed by atoms with Crippen LogP contribution in [0.1, 0.15) is 44.1 Å². The van der Waals surface area contributed by atoms with Crippen LogP contribution in [0.2, 0.25) is 0 Å². The van der Waals surface area contributed by atoms with Crippen molar-refractivity contribution in [1.29, 1.82) is 0 Å². The van der Waals surface area contributed by atoms with E-state index in [1.165, 1.54) is 24.3 Å². The van der Waals surface area contributed by atoms with E-state index in [1.807, 2.05) is 6.92 Å². The Kier molecular flexibility index (Phi) is 3.85. The lowest BCUT2D eigenvalue weighted by Gasteiger charge is -2.59. The second-order valence-electron chi connectivity index (χ2n) is 8.22. The smallest absolute Gasteiger partial charge is 0.330 e. The summed E-state index contributed by atoms with van der Waals surface area (Å²) < 4.78 is 25.6. The number of nitrogens with two attached hydrogens (primary N) is 1. The number of amides is 2. The van der Waals surface area contributed by atoms with Crippen LogP contribution in [0.3, 0.4) is 0 Å². The van der Waals surface area contributed by atoms with Crippen molar-refractivity contribution in [3.63, 3.8) is 0 Å². The molecule has 0 unspecified atom stereocenters. The van der Waals surface area contributed by atoms with Gasteiger partial charge >= 0.3 is 6.03 Å². The minimum absolute atomic E-state index is 0.147. The van der Waals surface area contributed by atoms with Gasteiger partial charge in [-0.25, -0.2) is 18.2 Å². The van der Waals surface area contributed by atoms with Crippen LogP contribution in [0.4, 0.5) is 4.79 Å². The summed E-state index contributed by atoms with van der Waals surface area (Å²) in [4.78, 5) is 14.9. The highest BCUT2D eigenvalue weighted by molar-refractivity contribution is 7.89. The molecule has 0 saturated heterocycles. The van der Waals surface area contributed by atoms with Crippen molar-refractivity contribution in [2.45, 2.75) is 55.9 Å². The third-order valence-electron chi connectivity index (χ3n) is 6.24. The van der Waals surface area contributed by atoms with Crippen molar-refractivity contribution in [1.82, 2.24) is 9.84 Å². The average Bonchev–Trinajstić information content (AvgIpc) is 2.51. The maximum atomic E-state index is 12.8. The Balaban J connectivity index is 1.64. The number of nitrogens with one attached hydrogen (secondary N) is 1. The molecule has 0 radical (unpaired) electrons. The van der Waals surface area contributed by atoms with Crippen LogP contribution in [0, 0.1) is 24.7 Å². The van der Waals surface area contributed by atoms with Crippen molar-refractivity contribution in [2.24, 2.45) is 23.5 Å². The number of hydrogen-bond acceptors (Lipinski definition) is 3. The fraction of sp³-hybridized carbons (Fsp3) is 0.611.